The van der Waals surface area contributed by atoms with Gasteiger partial charge in [0.1, 0.15) is 0 Å². The Kier molecular flexibility index (Phi) is 4.02. The summed E-state index contributed by atoms with van der Waals surface area (Å²) < 4.78 is 5.84. The van der Waals surface area contributed by atoms with Crippen molar-refractivity contribution in [3.63, 3.8) is 0 Å². The lowest BCUT2D eigenvalue weighted by atomic mass is 9.96. The molecular formula is C10H21NO. The molecular weight excluding hydrogens is 150 g/mol. The Balaban J connectivity index is 2.12. The van der Waals surface area contributed by atoms with Gasteiger partial charge >= 0.3 is 0 Å². The minimum atomic E-state index is 0.357. The number of hydrogen-bond acceptors (Lipinski definition) is 2. The van der Waals surface area contributed by atoms with E-state index in [0.29, 0.717) is 18.2 Å². The molecule has 2 heteroatoms. The molecule has 1 aliphatic rings. The zero-order valence-corrected chi connectivity index (χ0v) is 8.47. The Bertz CT molecular complexity index is 123. The highest BCUT2D eigenvalue weighted by Gasteiger charge is 2.22. The van der Waals surface area contributed by atoms with E-state index >= 15 is 0 Å². The average Bonchev–Trinajstić information content (AvgIpc) is 1.97. The first kappa shape index (κ1) is 10.0. The molecule has 2 atom stereocenters. The average molecular weight is 171 g/mol. The molecule has 1 fully saturated rings. The van der Waals surface area contributed by atoms with Crippen molar-refractivity contribution in [2.24, 2.45) is 0 Å². The van der Waals surface area contributed by atoms with Crippen LogP contribution in [0.3, 0.4) is 0 Å². The molecule has 1 saturated carbocycles. The first-order valence-electron chi connectivity index (χ1n) is 5.13. The maximum absolute atomic E-state index is 5.84. The van der Waals surface area contributed by atoms with Crippen molar-refractivity contribution in [3.8, 4) is 0 Å². The maximum Gasteiger partial charge on any atom is 0.0700 e. The number of ether oxygens (including phenoxy) is 1. The number of nitrogens with one attached hydrogen (secondary N) is 1. The molecule has 72 valence electrons. The van der Waals surface area contributed by atoms with Gasteiger partial charge in [-0.15, -0.1) is 0 Å². The summed E-state index contributed by atoms with van der Waals surface area (Å²) in [7, 11) is 0. The van der Waals surface area contributed by atoms with E-state index in [-0.39, 0.29) is 0 Å². The zero-order valence-electron chi connectivity index (χ0n) is 8.47. The molecule has 0 amide bonds. The van der Waals surface area contributed by atoms with E-state index in [1.165, 1.54) is 19.3 Å². The number of rotatable bonds is 5. The van der Waals surface area contributed by atoms with E-state index < -0.39 is 0 Å². The smallest absolute Gasteiger partial charge is 0.0700 e. The van der Waals surface area contributed by atoms with E-state index in [2.05, 4.69) is 26.1 Å². The largest absolute Gasteiger partial charge is 0.374 e. The van der Waals surface area contributed by atoms with Gasteiger partial charge in [-0.25, -0.2) is 0 Å². The van der Waals surface area contributed by atoms with Crippen LogP contribution in [0.25, 0.3) is 0 Å². The van der Waals surface area contributed by atoms with E-state index in [0.717, 1.165) is 6.54 Å². The van der Waals surface area contributed by atoms with Crippen LogP contribution in [0.1, 0.15) is 40.0 Å². The van der Waals surface area contributed by atoms with Crippen molar-refractivity contribution < 1.29 is 4.74 Å². The molecule has 0 spiro atoms. The van der Waals surface area contributed by atoms with Crippen LogP contribution in [0.15, 0.2) is 0 Å². The van der Waals surface area contributed by atoms with Gasteiger partial charge in [-0.3, -0.25) is 0 Å². The normalized spacial score (nSPS) is 23.2. The van der Waals surface area contributed by atoms with Gasteiger partial charge < -0.3 is 10.1 Å². The van der Waals surface area contributed by atoms with Crippen LogP contribution < -0.4 is 5.32 Å². The fourth-order valence-corrected chi connectivity index (χ4v) is 1.42. The summed E-state index contributed by atoms with van der Waals surface area (Å²) >= 11 is 0. The third-order valence-electron chi connectivity index (χ3n) is 2.69. The first-order valence-corrected chi connectivity index (χ1v) is 5.13. The van der Waals surface area contributed by atoms with Crippen molar-refractivity contribution in [2.45, 2.75) is 58.3 Å². The highest BCUT2D eigenvalue weighted by molar-refractivity contribution is 4.74. The van der Waals surface area contributed by atoms with E-state index in [4.69, 9.17) is 4.74 Å². The fourth-order valence-electron chi connectivity index (χ4n) is 1.42. The van der Waals surface area contributed by atoms with Gasteiger partial charge in [0.05, 0.1) is 12.2 Å². The van der Waals surface area contributed by atoms with Gasteiger partial charge in [0.15, 0.2) is 0 Å². The van der Waals surface area contributed by atoms with E-state index in [9.17, 15) is 0 Å². The number of likely N-dealkylation sites (N-methyl/N-ethyl adjacent to an activating group) is 1. The predicted octanol–water partition coefficient (Wildman–Crippen LogP) is 1.94. The molecule has 0 aromatic heterocycles. The maximum atomic E-state index is 5.84. The van der Waals surface area contributed by atoms with Gasteiger partial charge in [0, 0.05) is 6.04 Å². The molecule has 0 radical (unpaired) electrons. The Labute approximate surface area is 75.7 Å². The third-order valence-corrected chi connectivity index (χ3v) is 2.69. The van der Waals surface area contributed by atoms with Crippen molar-refractivity contribution >= 4 is 0 Å². The fraction of sp³-hybridized carbons (Fsp3) is 1.00. The molecule has 0 aromatic carbocycles. The van der Waals surface area contributed by atoms with Crippen molar-refractivity contribution in [1.82, 2.24) is 5.32 Å². The van der Waals surface area contributed by atoms with Crippen molar-refractivity contribution in [1.29, 1.82) is 0 Å². The highest BCUT2D eigenvalue weighted by Crippen LogP contribution is 2.23. The standard InChI is InChI=1S/C10H21NO/c1-4-11-8(2)9(3)12-10-6-5-7-10/h8-11H,4-7H2,1-3H3. The van der Waals surface area contributed by atoms with Gasteiger partial charge in [0.25, 0.3) is 0 Å². The monoisotopic (exact) mass is 171 g/mol. The second-order valence-corrected chi connectivity index (χ2v) is 3.74. The molecule has 12 heavy (non-hydrogen) atoms. The molecule has 2 nitrogen and oxygen atoms in total. The first-order chi connectivity index (χ1) is 5.74. The highest BCUT2D eigenvalue weighted by atomic mass is 16.5. The Morgan fingerprint density at radius 3 is 2.50 bits per heavy atom. The van der Waals surface area contributed by atoms with Gasteiger partial charge in [-0.05, 0) is 39.7 Å². The molecule has 0 aromatic rings. The van der Waals surface area contributed by atoms with Crippen LogP contribution in [-0.2, 0) is 4.74 Å². The van der Waals surface area contributed by atoms with Crippen molar-refractivity contribution in [3.05, 3.63) is 0 Å². The second-order valence-electron chi connectivity index (χ2n) is 3.74. The molecule has 1 N–H and O–H groups in total. The summed E-state index contributed by atoms with van der Waals surface area (Å²) in [4.78, 5) is 0. The van der Waals surface area contributed by atoms with Gasteiger partial charge in [0.2, 0.25) is 0 Å². The summed E-state index contributed by atoms with van der Waals surface area (Å²) in [6, 6.07) is 0.482. The SMILES string of the molecule is CCNC(C)C(C)OC1CCC1. The summed E-state index contributed by atoms with van der Waals surface area (Å²) in [6.07, 6.45) is 4.80. The molecule has 0 saturated heterocycles. The molecule has 2 unspecified atom stereocenters. The molecule has 0 aliphatic heterocycles. The van der Waals surface area contributed by atoms with E-state index in [1.54, 1.807) is 0 Å². The van der Waals surface area contributed by atoms with Crippen LogP contribution in [0.2, 0.25) is 0 Å². The van der Waals surface area contributed by atoms with Crippen LogP contribution >= 0.6 is 0 Å². The van der Waals surface area contributed by atoms with Crippen LogP contribution in [0.4, 0.5) is 0 Å². The summed E-state index contributed by atoms with van der Waals surface area (Å²) in [5.41, 5.74) is 0. The number of hydrogen-bond donors (Lipinski definition) is 1. The molecule has 0 heterocycles. The lowest BCUT2D eigenvalue weighted by molar-refractivity contribution is -0.0549. The predicted molar refractivity (Wildman–Crippen MR) is 51.3 cm³/mol. The third kappa shape index (κ3) is 2.76. The Morgan fingerprint density at radius 1 is 1.42 bits per heavy atom. The van der Waals surface area contributed by atoms with Crippen LogP contribution in [-0.4, -0.2) is 24.8 Å². The quantitative estimate of drug-likeness (QED) is 0.682. The minimum Gasteiger partial charge on any atom is -0.374 e. The minimum absolute atomic E-state index is 0.357. The van der Waals surface area contributed by atoms with Crippen molar-refractivity contribution in [2.75, 3.05) is 6.54 Å². The zero-order chi connectivity index (χ0) is 8.97. The molecule has 1 aliphatic carbocycles. The summed E-state index contributed by atoms with van der Waals surface area (Å²) in [5, 5.41) is 3.37. The summed E-state index contributed by atoms with van der Waals surface area (Å²) in [5.74, 6) is 0. The van der Waals surface area contributed by atoms with Crippen LogP contribution in [0.5, 0.6) is 0 Å². The van der Waals surface area contributed by atoms with E-state index in [1.807, 2.05) is 0 Å². The Hall–Kier alpha value is -0.0800. The lowest BCUT2D eigenvalue weighted by Crippen LogP contribution is -2.40. The molecule has 1 rings (SSSR count). The topological polar surface area (TPSA) is 21.3 Å². The second kappa shape index (κ2) is 4.83. The molecule has 0 bridgehead atoms. The van der Waals surface area contributed by atoms with Gasteiger partial charge in [-0.1, -0.05) is 6.92 Å². The lowest BCUT2D eigenvalue weighted by Gasteiger charge is -2.31. The Morgan fingerprint density at radius 2 is 2.08 bits per heavy atom. The summed E-state index contributed by atoms with van der Waals surface area (Å²) in [6.45, 7) is 7.50. The van der Waals surface area contributed by atoms with Crippen LogP contribution in [0, 0.1) is 0 Å². The van der Waals surface area contributed by atoms with Gasteiger partial charge in [-0.2, -0.15) is 0 Å².